The molecule has 0 saturated heterocycles. The fraction of sp³-hybridized carbons (Fsp3) is 0.190. The van der Waals surface area contributed by atoms with Crippen molar-refractivity contribution in [1.82, 2.24) is 19.3 Å². The number of carbonyl (C=O) groups is 2. The van der Waals surface area contributed by atoms with Gasteiger partial charge in [-0.25, -0.2) is 14.5 Å². The van der Waals surface area contributed by atoms with Crippen molar-refractivity contribution in [2.45, 2.75) is 25.9 Å². The minimum atomic E-state index is -0.510. The van der Waals surface area contributed by atoms with Gasteiger partial charge in [0.1, 0.15) is 18.7 Å². The van der Waals surface area contributed by atoms with Crippen molar-refractivity contribution in [3.05, 3.63) is 71.7 Å². The second kappa shape index (κ2) is 8.66. The summed E-state index contributed by atoms with van der Waals surface area (Å²) in [6, 6.07) is 13.3. The second-order valence-corrected chi connectivity index (χ2v) is 6.90. The fourth-order valence-electron chi connectivity index (χ4n) is 3.08. The van der Waals surface area contributed by atoms with Gasteiger partial charge in [0.2, 0.25) is 11.8 Å². The van der Waals surface area contributed by atoms with Gasteiger partial charge in [0.05, 0.1) is 5.52 Å². The SMILES string of the molecule is C[C@@H](C(=O)Nc1ccc(NC(=O)CCn2c(=O)oc3ccccc32)cc1)n1cncn1. The molecule has 1 atom stereocenters. The maximum Gasteiger partial charge on any atom is 0.419 e. The predicted molar refractivity (Wildman–Crippen MR) is 114 cm³/mol. The molecular formula is C21H20N6O4. The van der Waals surface area contributed by atoms with E-state index >= 15 is 0 Å². The van der Waals surface area contributed by atoms with Crippen LogP contribution in [0.25, 0.3) is 11.1 Å². The average Bonchev–Trinajstić information content (AvgIpc) is 3.40. The fourth-order valence-corrected chi connectivity index (χ4v) is 3.08. The zero-order valence-corrected chi connectivity index (χ0v) is 16.7. The van der Waals surface area contributed by atoms with Crippen LogP contribution in [0.1, 0.15) is 19.4 Å². The van der Waals surface area contributed by atoms with Crippen LogP contribution in [0.3, 0.4) is 0 Å². The van der Waals surface area contributed by atoms with Crippen LogP contribution in [0.2, 0.25) is 0 Å². The molecule has 0 radical (unpaired) electrons. The Morgan fingerprint density at radius 2 is 1.77 bits per heavy atom. The van der Waals surface area contributed by atoms with E-state index in [2.05, 4.69) is 20.7 Å². The average molecular weight is 420 g/mol. The van der Waals surface area contributed by atoms with Gasteiger partial charge < -0.3 is 15.1 Å². The summed E-state index contributed by atoms with van der Waals surface area (Å²) in [5, 5.41) is 9.52. The van der Waals surface area contributed by atoms with Crippen LogP contribution in [-0.2, 0) is 16.1 Å². The Morgan fingerprint density at radius 3 is 2.48 bits per heavy atom. The van der Waals surface area contributed by atoms with Gasteiger partial charge in [-0.05, 0) is 43.3 Å². The van der Waals surface area contributed by atoms with E-state index in [-0.39, 0.29) is 24.8 Å². The van der Waals surface area contributed by atoms with Crippen molar-refractivity contribution in [2.24, 2.45) is 0 Å². The molecule has 10 nitrogen and oxygen atoms in total. The molecule has 2 amide bonds. The first-order valence-electron chi connectivity index (χ1n) is 9.64. The molecule has 0 unspecified atom stereocenters. The Balaban J connectivity index is 1.32. The lowest BCUT2D eigenvalue weighted by Gasteiger charge is -2.12. The smallest absolute Gasteiger partial charge is 0.408 e. The number of nitrogens with zero attached hydrogens (tertiary/aromatic N) is 4. The summed E-state index contributed by atoms with van der Waals surface area (Å²) < 4.78 is 8.06. The van der Waals surface area contributed by atoms with Crippen LogP contribution in [0.15, 0.2) is 70.4 Å². The number of fused-ring (bicyclic) bond motifs is 1. The van der Waals surface area contributed by atoms with Crippen molar-refractivity contribution in [2.75, 3.05) is 10.6 Å². The summed E-state index contributed by atoms with van der Waals surface area (Å²) in [7, 11) is 0. The standard InChI is InChI=1S/C21H20N6O4/c1-14(27-13-22-12-23-27)20(29)25-16-8-6-15(7-9-16)24-19(28)10-11-26-17-4-2-3-5-18(17)31-21(26)30/h2-9,12-14H,10-11H2,1H3,(H,24,28)(H,25,29)/t14-/m0/s1. The van der Waals surface area contributed by atoms with Gasteiger partial charge in [0, 0.05) is 24.3 Å². The zero-order chi connectivity index (χ0) is 21.8. The number of aryl methyl sites for hydroxylation is 1. The molecular weight excluding hydrogens is 400 g/mol. The third-order valence-electron chi connectivity index (χ3n) is 4.79. The molecule has 0 saturated carbocycles. The number of para-hydroxylation sites is 2. The molecule has 0 fully saturated rings. The van der Waals surface area contributed by atoms with Gasteiger partial charge >= 0.3 is 5.76 Å². The van der Waals surface area contributed by atoms with E-state index in [1.807, 2.05) is 0 Å². The number of oxazole rings is 1. The van der Waals surface area contributed by atoms with Gasteiger partial charge in [-0.2, -0.15) is 5.10 Å². The molecule has 31 heavy (non-hydrogen) atoms. The number of nitrogens with one attached hydrogen (secondary N) is 2. The summed E-state index contributed by atoms with van der Waals surface area (Å²) >= 11 is 0. The quantitative estimate of drug-likeness (QED) is 0.473. The van der Waals surface area contributed by atoms with Crippen LogP contribution in [-0.4, -0.2) is 31.1 Å². The molecule has 4 aromatic rings. The lowest BCUT2D eigenvalue weighted by molar-refractivity contribution is -0.119. The van der Waals surface area contributed by atoms with E-state index in [1.54, 1.807) is 55.5 Å². The zero-order valence-electron chi connectivity index (χ0n) is 16.7. The maximum absolute atomic E-state index is 12.3. The first-order chi connectivity index (χ1) is 15.0. The molecule has 0 bridgehead atoms. The summed E-state index contributed by atoms with van der Waals surface area (Å²) in [5.41, 5.74) is 2.31. The van der Waals surface area contributed by atoms with E-state index in [0.717, 1.165) is 0 Å². The highest BCUT2D eigenvalue weighted by Crippen LogP contribution is 2.16. The molecule has 0 aliphatic heterocycles. The lowest BCUT2D eigenvalue weighted by Crippen LogP contribution is -2.24. The van der Waals surface area contributed by atoms with Gasteiger partial charge in [-0.15, -0.1) is 0 Å². The first-order valence-corrected chi connectivity index (χ1v) is 9.64. The van der Waals surface area contributed by atoms with Gasteiger partial charge in [-0.3, -0.25) is 14.2 Å². The van der Waals surface area contributed by atoms with E-state index in [0.29, 0.717) is 22.5 Å². The van der Waals surface area contributed by atoms with Crippen molar-refractivity contribution < 1.29 is 14.0 Å². The summed E-state index contributed by atoms with van der Waals surface area (Å²) in [4.78, 5) is 40.4. The topological polar surface area (TPSA) is 124 Å². The number of hydrogen-bond donors (Lipinski definition) is 2. The largest absolute Gasteiger partial charge is 0.419 e. The van der Waals surface area contributed by atoms with E-state index in [1.165, 1.54) is 21.9 Å². The third-order valence-corrected chi connectivity index (χ3v) is 4.79. The molecule has 0 aliphatic rings. The van der Waals surface area contributed by atoms with Crippen molar-refractivity contribution >= 4 is 34.3 Å². The molecule has 0 aliphatic carbocycles. The molecule has 4 rings (SSSR count). The number of anilines is 2. The molecule has 2 heterocycles. The molecule has 2 N–H and O–H groups in total. The lowest BCUT2D eigenvalue weighted by atomic mass is 10.2. The van der Waals surface area contributed by atoms with Crippen LogP contribution in [0, 0.1) is 0 Å². The second-order valence-electron chi connectivity index (χ2n) is 6.90. The number of rotatable bonds is 7. The summed E-state index contributed by atoms with van der Waals surface area (Å²) in [6.45, 7) is 1.92. The highest BCUT2D eigenvalue weighted by Gasteiger charge is 2.15. The summed E-state index contributed by atoms with van der Waals surface area (Å²) in [6.07, 6.45) is 2.95. The Morgan fingerprint density at radius 1 is 1.06 bits per heavy atom. The Kier molecular flexibility index (Phi) is 5.61. The highest BCUT2D eigenvalue weighted by atomic mass is 16.4. The Bertz CT molecular complexity index is 1260. The number of aromatic nitrogens is 4. The van der Waals surface area contributed by atoms with Crippen LogP contribution >= 0.6 is 0 Å². The first kappa shape index (κ1) is 20.1. The molecule has 158 valence electrons. The van der Waals surface area contributed by atoms with Crippen LogP contribution in [0.5, 0.6) is 0 Å². The highest BCUT2D eigenvalue weighted by molar-refractivity contribution is 5.94. The van der Waals surface area contributed by atoms with Gasteiger partial charge in [-0.1, -0.05) is 12.1 Å². The molecule has 0 spiro atoms. The van der Waals surface area contributed by atoms with Crippen LogP contribution < -0.4 is 16.4 Å². The monoisotopic (exact) mass is 420 g/mol. The minimum Gasteiger partial charge on any atom is -0.408 e. The van der Waals surface area contributed by atoms with E-state index in [9.17, 15) is 14.4 Å². The number of amides is 2. The normalized spacial score (nSPS) is 11.9. The number of carbonyl (C=O) groups excluding carboxylic acids is 2. The van der Waals surface area contributed by atoms with E-state index in [4.69, 9.17) is 4.42 Å². The van der Waals surface area contributed by atoms with Crippen LogP contribution in [0.4, 0.5) is 11.4 Å². The van der Waals surface area contributed by atoms with Crippen molar-refractivity contribution in [3.8, 4) is 0 Å². The minimum absolute atomic E-state index is 0.108. The Labute approximate surface area is 176 Å². The molecule has 2 aromatic carbocycles. The Hall–Kier alpha value is -4.21. The van der Waals surface area contributed by atoms with Crippen molar-refractivity contribution in [3.63, 3.8) is 0 Å². The van der Waals surface area contributed by atoms with E-state index < -0.39 is 11.8 Å². The third kappa shape index (κ3) is 4.53. The maximum atomic E-state index is 12.3. The number of hydrogen-bond acceptors (Lipinski definition) is 6. The van der Waals surface area contributed by atoms with Crippen molar-refractivity contribution in [1.29, 1.82) is 0 Å². The summed E-state index contributed by atoms with van der Waals surface area (Å²) in [5.74, 6) is -0.969. The van der Waals surface area contributed by atoms with Gasteiger partial charge in [0.25, 0.3) is 0 Å². The molecule has 10 heteroatoms. The van der Waals surface area contributed by atoms with Gasteiger partial charge in [0.15, 0.2) is 5.58 Å². The predicted octanol–water partition coefficient (Wildman–Crippen LogP) is 2.41. The number of benzene rings is 2. The molecule has 2 aromatic heterocycles.